The Morgan fingerprint density at radius 2 is 2.38 bits per heavy atom. The maximum atomic E-state index is 5.65. The zero-order valence-corrected chi connectivity index (χ0v) is 5.61. The average Bonchev–Trinajstić information content (AvgIpc) is 1.98. The first-order valence-electron chi connectivity index (χ1n) is 2.36. The molecule has 1 aromatic heterocycles. The first kappa shape index (κ1) is 5.63. The van der Waals surface area contributed by atoms with Crippen LogP contribution in [-0.4, -0.2) is 9.78 Å². The van der Waals surface area contributed by atoms with Gasteiger partial charge in [0.25, 0.3) is 0 Å². The van der Waals surface area contributed by atoms with E-state index < -0.39 is 0 Å². The summed E-state index contributed by atoms with van der Waals surface area (Å²) in [6.07, 6.45) is 1.64. The van der Waals surface area contributed by atoms with Gasteiger partial charge in [-0.3, -0.25) is 4.68 Å². The van der Waals surface area contributed by atoms with Gasteiger partial charge in [0.15, 0.2) is 0 Å². The van der Waals surface area contributed by atoms with Gasteiger partial charge in [0, 0.05) is 7.05 Å². The lowest BCUT2D eigenvalue weighted by atomic mass is 10.5. The summed E-state index contributed by atoms with van der Waals surface area (Å²) in [6, 6.07) is 0. The minimum absolute atomic E-state index is 0.729. The highest BCUT2D eigenvalue weighted by atomic mass is 35.5. The molecule has 2 nitrogen and oxygen atoms in total. The zero-order chi connectivity index (χ0) is 6.15. The van der Waals surface area contributed by atoms with Crippen LogP contribution in [0.3, 0.4) is 0 Å². The molecule has 0 saturated heterocycles. The second kappa shape index (κ2) is 1.78. The van der Waals surface area contributed by atoms with Gasteiger partial charge in [-0.2, -0.15) is 5.10 Å². The molecule has 0 atom stereocenters. The van der Waals surface area contributed by atoms with Crippen molar-refractivity contribution in [1.29, 1.82) is 0 Å². The van der Waals surface area contributed by atoms with E-state index in [1.165, 1.54) is 0 Å². The highest BCUT2D eigenvalue weighted by molar-refractivity contribution is 6.31. The normalized spacial score (nSPS) is 9.88. The smallest absolute Gasteiger partial charge is 0.0814 e. The third kappa shape index (κ3) is 0.713. The van der Waals surface area contributed by atoms with Gasteiger partial charge in [-0.1, -0.05) is 11.6 Å². The van der Waals surface area contributed by atoms with Gasteiger partial charge >= 0.3 is 0 Å². The van der Waals surface area contributed by atoms with Crippen LogP contribution in [0.5, 0.6) is 0 Å². The summed E-state index contributed by atoms with van der Waals surface area (Å²) in [5.74, 6) is 0. The zero-order valence-electron chi connectivity index (χ0n) is 4.85. The van der Waals surface area contributed by atoms with Crippen molar-refractivity contribution in [3.8, 4) is 0 Å². The molecular weight excluding hydrogens is 124 g/mol. The van der Waals surface area contributed by atoms with E-state index >= 15 is 0 Å². The molecule has 0 unspecified atom stereocenters. The van der Waals surface area contributed by atoms with Crippen molar-refractivity contribution in [2.75, 3.05) is 0 Å². The Hall–Kier alpha value is -0.500. The van der Waals surface area contributed by atoms with Crippen LogP contribution in [0.15, 0.2) is 6.20 Å². The molecule has 0 aliphatic carbocycles. The quantitative estimate of drug-likeness (QED) is 0.519. The Balaban J connectivity index is 3.19. The molecular formula is C5H7ClN2. The summed E-state index contributed by atoms with van der Waals surface area (Å²) in [7, 11) is 1.86. The average molecular weight is 131 g/mol. The molecule has 0 spiro atoms. The van der Waals surface area contributed by atoms with Gasteiger partial charge in [-0.15, -0.1) is 0 Å². The Morgan fingerprint density at radius 3 is 2.50 bits per heavy atom. The molecule has 0 aliphatic rings. The number of halogens is 1. The Bertz CT molecular complexity index is 173. The molecule has 0 bridgehead atoms. The topological polar surface area (TPSA) is 17.8 Å². The molecule has 0 radical (unpaired) electrons. The summed E-state index contributed by atoms with van der Waals surface area (Å²) < 4.78 is 1.74. The van der Waals surface area contributed by atoms with Gasteiger partial charge in [0.2, 0.25) is 0 Å². The van der Waals surface area contributed by atoms with Crippen molar-refractivity contribution in [3.63, 3.8) is 0 Å². The van der Waals surface area contributed by atoms with E-state index in [0.717, 1.165) is 10.7 Å². The fourth-order valence-corrected chi connectivity index (χ4v) is 0.638. The van der Waals surface area contributed by atoms with E-state index in [-0.39, 0.29) is 0 Å². The predicted octanol–water partition coefficient (Wildman–Crippen LogP) is 1.38. The second-order valence-corrected chi connectivity index (χ2v) is 2.11. The number of aromatic nitrogens is 2. The minimum Gasteiger partial charge on any atom is -0.271 e. The van der Waals surface area contributed by atoms with Crippen molar-refractivity contribution in [2.24, 2.45) is 7.05 Å². The van der Waals surface area contributed by atoms with Crippen LogP contribution in [0.4, 0.5) is 0 Å². The predicted molar refractivity (Wildman–Crippen MR) is 33.0 cm³/mol. The van der Waals surface area contributed by atoms with Crippen molar-refractivity contribution in [1.82, 2.24) is 9.78 Å². The van der Waals surface area contributed by atoms with Gasteiger partial charge < -0.3 is 0 Å². The Kier molecular flexibility index (Phi) is 1.26. The molecule has 1 heterocycles. The molecule has 1 aromatic rings. The summed E-state index contributed by atoms with van der Waals surface area (Å²) in [5.41, 5.74) is 1.01. The number of hydrogen-bond acceptors (Lipinski definition) is 1. The lowest BCUT2D eigenvalue weighted by Gasteiger charge is -1.89. The minimum atomic E-state index is 0.729. The number of nitrogens with zero attached hydrogens (tertiary/aromatic N) is 2. The van der Waals surface area contributed by atoms with Crippen LogP contribution < -0.4 is 0 Å². The fourth-order valence-electron chi connectivity index (χ4n) is 0.472. The van der Waals surface area contributed by atoms with Crippen LogP contribution in [-0.2, 0) is 7.05 Å². The maximum absolute atomic E-state index is 5.65. The van der Waals surface area contributed by atoms with Crippen molar-refractivity contribution >= 4 is 11.6 Å². The van der Waals surface area contributed by atoms with Crippen LogP contribution in [0.2, 0.25) is 5.02 Å². The maximum Gasteiger partial charge on any atom is 0.0814 e. The summed E-state index contributed by atoms with van der Waals surface area (Å²) in [6.45, 7) is 1.93. The molecule has 0 amide bonds. The third-order valence-electron chi connectivity index (χ3n) is 1.18. The molecule has 0 saturated carbocycles. The molecule has 8 heavy (non-hydrogen) atoms. The number of hydrogen-bond donors (Lipinski definition) is 0. The Labute approximate surface area is 53.1 Å². The van der Waals surface area contributed by atoms with Crippen molar-refractivity contribution < 1.29 is 0 Å². The number of aryl methyl sites for hydroxylation is 1. The monoisotopic (exact) mass is 130 g/mol. The van der Waals surface area contributed by atoms with E-state index in [2.05, 4.69) is 5.10 Å². The van der Waals surface area contributed by atoms with E-state index in [1.54, 1.807) is 10.9 Å². The number of rotatable bonds is 0. The van der Waals surface area contributed by atoms with Gasteiger partial charge in [0.1, 0.15) is 0 Å². The van der Waals surface area contributed by atoms with E-state index in [0.29, 0.717) is 0 Å². The SMILES string of the molecule is Cc1c(Cl)cnn1C. The van der Waals surface area contributed by atoms with Crippen LogP contribution in [0, 0.1) is 6.92 Å². The van der Waals surface area contributed by atoms with E-state index in [1.807, 2.05) is 14.0 Å². The summed E-state index contributed by atoms with van der Waals surface area (Å²) >= 11 is 5.65. The van der Waals surface area contributed by atoms with Crippen molar-refractivity contribution in [2.45, 2.75) is 6.92 Å². The lowest BCUT2D eigenvalue weighted by molar-refractivity contribution is 0.740. The second-order valence-electron chi connectivity index (χ2n) is 1.70. The molecule has 1 rings (SSSR count). The molecule has 0 aliphatic heterocycles. The summed E-state index contributed by atoms with van der Waals surface area (Å²) in [4.78, 5) is 0. The van der Waals surface area contributed by atoms with E-state index in [9.17, 15) is 0 Å². The highest BCUT2D eigenvalue weighted by Gasteiger charge is 1.96. The van der Waals surface area contributed by atoms with Gasteiger partial charge in [-0.05, 0) is 6.92 Å². The van der Waals surface area contributed by atoms with Gasteiger partial charge in [-0.25, -0.2) is 0 Å². The first-order valence-corrected chi connectivity index (χ1v) is 2.73. The molecule has 0 aromatic carbocycles. The first-order chi connectivity index (χ1) is 3.72. The molecule has 0 N–H and O–H groups in total. The van der Waals surface area contributed by atoms with Gasteiger partial charge in [0.05, 0.1) is 16.9 Å². The largest absolute Gasteiger partial charge is 0.271 e. The molecule has 3 heteroatoms. The van der Waals surface area contributed by atoms with Crippen LogP contribution in [0.25, 0.3) is 0 Å². The van der Waals surface area contributed by atoms with Crippen LogP contribution >= 0.6 is 11.6 Å². The summed E-state index contributed by atoms with van der Waals surface area (Å²) in [5, 5.41) is 4.63. The molecule has 0 fully saturated rings. The van der Waals surface area contributed by atoms with Crippen molar-refractivity contribution in [3.05, 3.63) is 16.9 Å². The fraction of sp³-hybridized carbons (Fsp3) is 0.400. The third-order valence-corrected chi connectivity index (χ3v) is 1.55. The standard InChI is InChI=1S/C5H7ClN2/c1-4-5(6)3-7-8(4)2/h3H,1-2H3. The van der Waals surface area contributed by atoms with Crippen LogP contribution in [0.1, 0.15) is 5.69 Å². The highest BCUT2D eigenvalue weighted by Crippen LogP contribution is 2.10. The Morgan fingerprint density at radius 1 is 1.75 bits per heavy atom. The molecule has 44 valence electrons. The van der Waals surface area contributed by atoms with E-state index in [4.69, 9.17) is 11.6 Å². The lowest BCUT2D eigenvalue weighted by Crippen LogP contribution is -1.91.